The lowest BCUT2D eigenvalue weighted by atomic mass is 10.1. The summed E-state index contributed by atoms with van der Waals surface area (Å²) >= 11 is 0. The van der Waals surface area contributed by atoms with Crippen molar-refractivity contribution in [3.63, 3.8) is 0 Å². The van der Waals surface area contributed by atoms with Crippen LogP contribution in [0.15, 0.2) is 122 Å². The first-order chi connectivity index (χ1) is 35.0. The van der Waals surface area contributed by atoms with E-state index in [4.69, 9.17) is 14.2 Å². The van der Waals surface area contributed by atoms with E-state index in [0.29, 0.717) is 19.3 Å². The molecule has 0 N–H and O–H groups in total. The van der Waals surface area contributed by atoms with Crippen molar-refractivity contribution in [2.45, 2.75) is 258 Å². The first kappa shape index (κ1) is 66.8. The number of unbranched alkanes of at least 4 members (excludes halogenated alkanes) is 20. The van der Waals surface area contributed by atoms with E-state index in [9.17, 15) is 14.4 Å². The summed E-state index contributed by atoms with van der Waals surface area (Å²) < 4.78 is 16.8. The molecule has 0 bridgehead atoms. The van der Waals surface area contributed by atoms with E-state index in [2.05, 4.69) is 142 Å². The summed E-state index contributed by atoms with van der Waals surface area (Å²) in [6, 6.07) is 0. The van der Waals surface area contributed by atoms with Crippen molar-refractivity contribution >= 4 is 17.9 Å². The molecule has 0 aliphatic carbocycles. The second-order valence-corrected chi connectivity index (χ2v) is 18.8. The number of ether oxygens (including phenoxy) is 3. The minimum Gasteiger partial charge on any atom is -0.462 e. The van der Waals surface area contributed by atoms with Crippen molar-refractivity contribution in [3.05, 3.63) is 122 Å². The SMILES string of the molecule is CC/C=C\C/C=C\C/C=C\C/C=C\C/C=C\CCCCCC(=O)OC[C@H](COC(=O)CCCCCC/C=C\C/C=C\C/C=C\CCCCC)OC(=O)CCCCCCCCC/C=C\C/C=C\CCCCC. The smallest absolute Gasteiger partial charge is 0.306 e. The van der Waals surface area contributed by atoms with Crippen molar-refractivity contribution in [3.8, 4) is 0 Å². The molecule has 402 valence electrons. The molecule has 0 amide bonds. The fraction of sp³-hybridized carbons (Fsp3) is 0.646. The predicted molar refractivity (Wildman–Crippen MR) is 306 cm³/mol. The fourth-order valence-electron chi connectivity index (χ4n) is 7.56. The average molecular weight is 984 g/mol. The molecule has 0 aromatic rings. The molecule has 6 heteroatoms. The molecule has 0 spiro atoms. The van der Waals surface area contributed by atoms with Gasteiger partial charge in [0, 0.05) is 19.3 Å². The highest BCUT2D eigenvalue weighted by molar-refractivity contribution is 5.71. The Hall–Kier alpha value is -4.19. The monoisotopic (exact) mass is 983 g/mol. The summed E-state index contributed by atoms with van der Waals surface area (Å²) in [6.07, 6.45) is 80.4. The van der Waals surface area contributed by atoms with E-state index in [1.54, 1.807) is 0 Å². The maximum absolute atomic E-state index is 12.9. The summed E-state index contributed by atoms with van der Waals surface area (Å²) in [5.74, 6) is -0.968. The van der Waals surface area contributed by atoms with Gasteiger partial charge in [-0.15, -0.1) is 0 Å². The minimum atomic E-state index is -0.810. The minimum absolute atomic E-state index is 0.107. The molecule has 1 atom stereocenters. The van der Waals surface area contributed by atoms with Crippen LogP contribution in [0.1, 0.15) is 252 Å². The van der Waals surface area contributed by atoms with Crippen LogP contribution >= 0.6 is 0 Å². The maximum Gasteiger partial charge on any atom is 0.306 e. The third kappa shape index (κ3) is 56.6. The summed E-state index contributed by atoms with van der Waals surface area (Å²) in [4.78, 5) is 38.2. The molecule has 0 saturated heterocycles. The summed E-state index contributed by atoms with van der Waals surface area (Å²) in [5.41, 5.74) is 0. The molecule has 0 radical (unpaired) electrons. The van der Waals surface area contributed by atoms with Crippen molar-refractivity contribution in [1.82, 2.24) is 0 Å². The molecule has 0 aromatic heterocycles. The molecule has 0 heterocycles. The third-order valence-corrected chi connectivity index (χ3v) is 11.9. The Morgan fingerprint density at radius 1 is 0.296 bits per heavy atom. The van der Waals surface area contributed by atoms with Gasteiger partial charge < -0.3 is 14.2 Å². The molecule has 6 nitrogen and oxygen atoms in total. The lowest BCUT2D eigenvalue weighted by molar-refractivity contribution is -0.167. The highest BCUT2D eigenvalue weighted by Gasteiger charge is 2.19. The highest BCUT2D eigenvalue weighted by Crippen LogP contribution is 2.13. The first-order valence-electron chi connectivity index (χ1n) is 29.0. The van der Waals surface area contributed by atoms with E-state index in [1.807, 2.05) is 0 Å². The second-order valence-electron chi connectivity index (χ2n) is 18.8. The summed E-state index contributed by atoms with van der Waals surface area (Å²) in [7, 11) is 0. The molecule has 0 fully saturated rings. The van der Waals surface area contributed by atoms with E-state index in [1.165, 1.54) is 77.0 Å². The van der Waals surface area contributed by atoms with Crippen LogP contribution in [0.25, 0.3) is 0 Å². The number of carbonyl (C=O) groups is 3. The van der Waals surface area contributed by atoms with Gasteiger partial charge in [0.2, 0.25) is 0 Å². The van der Waals surface area contributed by atoms with Crippen LogP contribution in [0, 0.1) is 0 Å². The average Bonchev–Trinajstić information content (AvgIpc) is 3.37. The Bertz CT molecular complexity index is 1500. The molecule has 71 heavy (non-hydrogen) atoms. The molecular formula is C65H106O6. The quantitative estimate of drug-likeness (QED) is 0.0261. The second kappa shape index (κ2) is 58.4. The lowest BCUT2D eigenvalue weighted by Crippen LogP contribution is -2.30. The molecule has 0 aliphatic heterocycles. The Labute approximate surface area is 437 Å². The van der Waals surface area contributed by atoms with Crippen LogP contribution in [0.4, 0.5) is 0 Å². The molecule has 0 saturated carbocycles. The first-order valence-corrected chi connectivity index (χ1v) is 29.0. The van der Waals surface area contributed by atoms with Gasteiger partial charge in [-0.1, -0.05) is 219 Å². The van der Waals surface area contributed by atoms with Gasteiger partial charge in [0.25, 0.3) is 0 Å². The topological polar surface area (TPSA) is 78.9 Å². The number of allylic oxidation sites excluding steroid dienone is 20. The number of rotatable bonds is 51. The fourth-order valence-corrected chi connectivity index (χ4v) is 7.56. The highest BCUT2D eigenvalue weighted by atomic mass is 16.6. The van der Waals surface area contributed by atoms with E-state index < -0.39 is 6.10 Å². The standard InChI is InChI=1S/C65H106O6/c1-4-7-10-13-16-19-22-25-28-31-32-35-37-40-43-46-49-52-55-58-64(67)70-61-62(71-65(68)59-56-53-50-47-44-41-38-34-30-27-24-21-18-15-12-9-6-3)60-69-63(66)57-54-51-48-45-42-39-36-33-29-26-23-20-17-14-11-8-5-2/h7,10,16-21,25-30,32,35-36,39-40,43,62H,4-6,8-9,11-15,22-24,31,33-34,37-38,41-42,44-61H2,1-3H3/b10-7-,19-16-,20-17-,21-18-,28-25-,29-26-,30-27-,35-32-,39-36-,43-40-/t62-/m0/s1. The van der Waals surface area contributed by atoms with Crippen LogP contribution in [-0.4, -0.2) is 37.2 Å². The van der Waals surface area contributed by atoms with E-state index in [-0.39, 0.29) is 31.1 Å². The van der Waals surface area contributed by atoms with Gasteiger partial charge in [-0.05, 0) is 135 Å². The number of hydrogen-bond acceptors (Lipinski definition) is 6. The van der Waals surface area contributed by atoms with Crippen LogP contribution in [0.2, 0.25) is 0 Å². The Morgan fingerprint density at radius 2 is 0.549 bits per heavy atom. The zero-order valence-electron chi connectivity index (χ0n) is 45.9. The predicted octanol–water partition coefficient (Wildman–Crippen LogP) is 19.6. The van der Waals surface area contributed by atoms with Gasteiger partial charge in [-0.25, -0.2) is 0 Å². The number of carbonyl (C=O) groups excluding carboxylic acids is 3. The van der Waals surface area contributed by atoms with E-state index in [0.717, 1.165) is 135 Å². The molecule has 0 aliphatic rings. The van der Waals surface area contributed by atoms with E-state index >= 15 is 0 Å². The van der Waals surface area contributed by atoms with Crippen molar-refractivity contribution in [1.29, 1.82) is 0 Å². The molecule has 0 unspecified atom stereocenters. The van der Waals surface area contributed by atoms with Gasteiger partial charge in [-0.2, -0.15) is 0 Å². The van der Waals surface area contributed by atoms with Crippen LogP contribution < -0.4 is 0 Å². The number of esters is 3. The zero-order chi connectivity index (χ0) is 51.4. The van der Waals surface area contributed by atoms with Crippen LogP contribution in [-0.2, 0) is 28.6 Å². The van der Waals surface area contributed by atoms with Gasteiger partial charge in [0.1, 0.15) is 13.2 Å². The normalized spacial score (nSPS) is 13.0. The third-order valence-electron chi connectivity index (χ3n) is 11.9. The van der Waals surface area contributed by atoms with Crippen molar-refractivity contribution in [2.24, 2.45) is 0 Å². The van der Waals surface area contributed by atoms with Gasteiger partial charge in [0.05, 0.1) is 0 Å². The number of hydrogen-bond donors (Lipinski definition) is 0. The van der Waals surface area contributed by atoms with Gasteiger partial charge in [0.15, 0.2) is 6.10 Å². The lowest BCUT2D eigenvalue weighted by Gasteiger charge is -2.18. The van der Waals surface area contributed by atoms with Gasteiger partial charge >= 0.3 is 17.9 Å². The Balaban J connectivity index is 4.52. The zero-order valence-corrected chi connectivity index (χ0v) is 45.9. The Kier molecular flexibility index (Phi) is 54.9. The molecule has 0 rings (SSSR count). The Morgan fingerprint density at radius 3 is 0.873 bits per heavy atom. The molecular weight excluding hydrogens is 877 g/mol. The maximum atomic E-state index is 12.9. The van der Waals surface area contributed by atoms with Crippen LogP contribution in [0.3, 0.4) is 0 Å². The van der Waals surface area contributed by atoms with Gasteiger partial charge in [-0.3, -0.25) is 14.4 Å². The summed E-state index contributed by atoms with van der Waals surface area (Å²) in [5, 5.41) is 0. The molecule has 0 aromatic carbocycles. The van der Waals surface area contributed by atoms with Crippen molar-refractivity contribution < 1.29 is 28.6 Å². The van der Waals surface area contributed by atoms with Crippen molar-refractivity contribution in [2.75, 3.05) is 13.2 Å². The summed E-state index contributed by atoms with van der Waals surface area (Å²) in [6.45, 7) is 6.42. The van der Waals surface area contributed by atoms with Crippen LogP contribution in [0.5, 0.6) is 0 Å². The largest absolute Gasteiger partial charge is 0.462 e.